The summed E-state index contributed by atoms with van der Waals surface area (Å²) < 4.78 is 0. The van der Waals surface area contributed by atoms with Crippen LogP contribution in [0.1, 0.15) is 6.92 Å². The lowest BCUT2D eigenvalue weighted by Gasteiger charge is -2.15. The molecular formula is C22H20N8O. The smallest absolute Gasteiger partial charge is 0.231 e. The van der Waals surface area contributed by atoms with Gasteiger partial charge in [-0.05, 0) is 48.5 Å². The van der Waals surface area contributed by atoms with Gasteiger partial charge < -0.3 is 20.5 Å². The Morgan fingerprint density at radius 2 is 1.81 bits per heavy atom. The van der Waals surface area contributed by atoms with Crippen LogP contribution in [0.5, 0.6) is 0 Å². The van der Waals surface area contributed by atoms with E-state index in [0.717, 1.165) is 39.0 Å². The summed E-state index contributed by atoms with van der Waals surface area (Å²) in [5.74, 6) is 1.11. The number of aromatic amines is 2. The van der Waals surface area contributed by atoms with E-state index in [1.54, 1.807) is 18.1 Å². The second-order valence-electron chi connectivity index (χ2n) is 7.18. The Hall–Kier alpha value is -4.40. The van der Waals surface area contributed by atoms with Crippen molar-refractivity contribution in [3.8, 4) is 0 Å². The molecule has 1 amide bonds. The van der Waals surface area contributed by atoms with Gasteiger partial charge in [-0.1, -0.05) is 0 Å². The number of anilines is 5. The lowest BCUT2D eigenvalue weighted by Crippen LogP contribution is -2.22. The molecule has 0 bridgehead atoms. The summed E-state index contributed by atoms with van der Waals surface area (Å²) in [7, 11) is 1.74. The minimum Gasteiger partial charge on any atom is -0.346 e. The minimum atomic E-state index is -0.0229. The highest BCUT2D eigenvalue weighted by molar-refractivity contribution is 5.92. The van der Waals surface area contributed by atoms with Crippen LogP contribution >= 0.6 is 0 Å². The van der Waals surface area contributed by atoms with Crippen LogP contribution in [0.3, 0.4) is 0 Å². The van der Waals surface area contributed by atoms with Crippen molar-refractivity contribution in [2.75, 3.05) is 22.6 Å². The Labute approximate surface area is 177 Å². The molecule has 0 saturated carbocycles. The number of hydrogen-bond donors (Lipinski definition) is 4. The fourth-order valence-electron chi connectivity index (χ4n) is 3.32. The molecule has 0 spiro atoms. The van der Waals surface area contributed by atoms with Crippen LogP contribution in [-0.2, 0) is 4.79 Å². The van der Waals surface area contributed by atoms with E-state index in [1.807, 2.05) is 54.7 Å². The first-order valence-electron chi connectivity index (χ1n) is 9.73. The third kappa shape index (κ3) is 3.64. The topological polar surface area (TPSA) is 115 Å². The molecule has 9 heteroatoms. The maximum Gasteiger partial charge on any atom is 0.231 e. The molecule has 0 radical (unpaired) electrons. The Balaban J connectivity index is 1.44. The number of H-pyrrole nitrogens is 2. The standard InChI is InChI=1S/C22H20N8O/c1-13(31)30(2)17-7-5-15(6-8-17)26-22-27-20-18(9-10-23-20)21(28-22)25-16-4-3-14-12-24-29-19(14)11-16/h3-12H,1-2H3,(H,24,29)(H3,23,25,26,27,28). The van der Waals surface area contributed by atoms with Crippen molar-refractivity contribution in [1.82, 2.24) is 25.1 Å². The highest BCUT2D eigenvalue weighted by Crippen LogP contribution is 2.27. The van der Waals surface area contributed by atoms with Crippen LogP contribution in [0.2, 0.25) is 0 Å². The number of hydrogen-bond acceptors (Lipinski definition) is 6. The summed E-state index contributed by atoms with van der Waals surface area (Å²) >= 11 is 0. The number of carbonyl (C=O) groups is 1. The number of rotatable bonds is 5. The molecule has 5 aromatic rings. The van der Waals surface area contributed by atoms with Crippen molar-refractivity contribution in [2.24, 2.45) is 0 Å². The monoisotopic (exact) mass is 412 g/mol. The number of carbonyl (C=O) groups excluding carboxylic acids is 1. The predicted octanol–water partition coefficient (Wildman–Crippen LogP) is 4.30. The van der Waals surface area contributed by atoms with E-state index in [4.69, 9.17) is 0 Å². The lowest BCUT2D eigenvalue weighted by molar-refractivity contribution is -0.116. The zero-order valence-electron chi connectivity index (χ0n) is 17.0. The molecule has 2 aromatic carbocycles. The van der Waals surface area contributed by atoms with E-state index >= 15 is 0 Å². The van der Waals surface area contributed by atoms with Gasteiger partial charge in [-0.25, -0.2) is 0 Å². The average molecular weight is 412 g/mol. The number of benzene rings is 2. The van der Waals surface area contributed by atoms with E-state index in [2.05, 4.69) is 35.8 Å². The molecule has 0 aliphatic carbocycles. The van der Waals surface area contributed by atoms with E-state index < -0.39 is 0 Å². The number of aromatic nitrogens is 5. The summed E-state index contributed by atoms with van der Waals surface area (Å²) in [5.41, 5.74) is 4.18. The van der Waals surface area contributed by atoms with Gasteiger partial charge in [0.15, 0.2) is 0 Å². The quantitative estimate of drug-likeness (QED) is 0.342. The van der Waals surface area contributed by atoms with Crippen LogP contribution in [0.25, 0.3) is 21.9 Å². The Kier molecular flexibility index (Phi) is 4.47. The molecule has 0 saturated heterocycles. The van der Waals surface area contributed by atoms with Crippen molar-refractivity contribution >= 4 is 56.7 Å². The zero-order chi connectivity index (χ0) is 21.4. The molecule has 3 aromatic heterocycles. The van der Waals surface area contributed by atoms with E-state index in [1.165, 1.54) is 6.92 Å². The van der Waals surface area contributed by atoms with Gasteiger partial charge in [-0.3, -0.25) is 9.89 Å². The fourth-order valence-corrected chi connectivity index (χ4v) is 3.32. The average Bonchev–Trinajstić information content (AvgIpc) is 3.42. The lowest BCUT2D eigenvalue weighted by atomic mass is 10.2. The summed E-state index contributed by atoms with van der Waals surface area (Å²) in [6.45, 7) is 1.53. The molecule has 0 fully saturated rings. The Morgan fingerprint density at radius 1 is 1.00 bits per heavy atom. The van der Waals surface area contributed by atoms with Crippen LogP contribution in [0.4, 0.5) is 28.8 Å². The maximum absolute atomic E-state index is 11.5. The minimum absolute atomic E-state index is 0.0229. The third-order valence-electron chi connectivity index (χ3n) is 5.10. The highest BCUT2D eigenvalue weighted by Gasteiger charge is 2.11. The van der Waals surface area contributed by atoms with E-state index in [0.29, 0.717) is 11.8 Å². The van der Waals surface area contributed by atoms with E-state index in [-0.39, 0.29) is 5.91 Å². The SMILES string of the molecule is CC(=O)N(C)c1ccc(Nc2nc(Nc3ccc4cn[nH]c4c3)c3cc[nH]c3n2)cc1. The molecular weight excluding hydrogens is 392 g/mol. The second-order valence-corrected chi connectivity index (χ2v) is 7.18. The van der Waals surface area contributed by atoms with Crippen molar-refractivity contribution in [3.63, 3.8) is 0 Å². The van der Waals surface area contributed by atoms with Gasteiger partial charge in [0.25, 0.3) is 0 Å². The van der Waals surface area contributed by atoms with Crippen LogP contribution in [0, 0.1) is 0 Å². The third-order valence-corrected chi connectivity index (χ3v) is 5.10. The predicted molar refractivity (Wildman–Crippen MR) is 122 cm³/mol. The first-order valence-corrected chi connectivity index (χ1v) is 9.73. The Morgan fingerprint density at radius 3 is 2.61 bits per heavy atom. The molecule has 154 valence electrons. The van der Waals surface area contributed by atoms with Crippen LogP contribution < -0.4 is 15.5 Å². The fraction of sp³-hybridized carbons (Fsp3) is 0.0909. The summed E-state index contributed by atoms with van der Waals surface area (Å²) in [4.78, 5) is 25.5. The maximum atomic E-state index is 11.5. The highest BCUT2D eigenvalue weighted by atomic mass is 16.2. The summed E-state index contributed by atoms with van der Waals surface area (Å²) in [6.07, 6.45) is 3.62. The molecule has 0 aliphatic rings. The molecule has 4 N–H and O–H groups in total. The summed E-state index contributed by atoms with van der Waals surface area (Å²) in [5, 5.41) is 15.6. The first-order chi connectivity index (χ1) is 15.1. The first kappa shape index (κ1) is 18.6. The molecule has 5 rings (SSSR count). The van der Waals surface area contributed by atoms with Gasteiger partial charge >= 0.3 is 0 Å². The van der Waals surface area contributed by atoms with Crippen molar-refractivity contribution in [2.45, 2.75) is 6.92 Å². The van der Waals surface area contributed by atoms with Crippen molar-refractivity contribution in [3.05, 3.63) is 60.9 Å². The van der Waals surface area contributed by atoms with Gasteiger partial charge in [0.1, 0.15) is 11.5 Å². The zero-order valence-corrected chi connectivity index (χ0v) is 17.0. The van der Waals surface area contributed by atoms with Gasteiger partial charge in [0.05, 0.1) is 17.1 Å². The molecule has 0 unspecified atom stereocenters. The largest absolute Gasteiger partial charge is 0.346 e. The second kappa shape index (κ2) is 7.45. The molecule has 9 nitrogen and oxygen atoms in total. The van der Waals surface area contributed by atoms with Gasteiger partial charge in [0, 0.05) is 42.6 Å². The van der Waals surface area contributed by atoms with Crippen molar-refractivity contribution < 1.29 is 4.79 Å². The van der Waals surface area contributed by atoms with Gasteiger partial charge in [-0.2, -0.15) is 15.1 Å². The van der Waals surface area contributed by atoms with Crippen LogP contribution in [0.15, 0.2) is 60.9 Å². The van der Waals surface area contributed by atoms with Crippen molar-refractivity contribution in [1.29, 1.82) is 0 Å². The molecule has 3 heterocycles. The summed E-state index contributed by atoms with van der Waals surface area (Å²) in [6, 6.07) is 15.4. The molecule has 0 aliphatic heterocycles. The number of nitrogens with zero attached hydrogens (tertiary/aromatic N) is 4. The molecule has 0 atom stereocenters. The number of fused-ring (bicyclic) bond motifs is 2. The van der Waals surface area contributed by atoms with Gasteiger partial charge in [0.2, 0.25) is 11.9 Å². The van der Waals surface area contributed by atoms with Crippen LogP contribution in [-0.4, -0.2) is 38.1 Å². The Bertz CT molecular complexity index is 1390. The van der Waals surface area contributed by atoms with Gasteiger partial charge in [-0.15, -0.1) is 0 Å². The number of nitrogens with one attached hydrogen (secondary N) is 4. The molecule has 31 heavy (non-hydrogen) atoms. The normalized spacial score (nSPS) is 11.0. The van der Waals surface area contributed by atoms with E-state index in [9.17, 15) is 4.79 Å². The number of amides is 1.